The van der Waals surface area contributed by atoms with Gasteiger partial charge in [0.1, 0.15) is 15.9 Å². The van der Waals surface area contributed by atoms with Crippen molar-refractivity contribution in [2.75, 3.05) is 18.4 Å². The second-order valence-electron chi connectivity index (χ2n) is 6.13. The summed E-state index contributed by atoms with van der Waals surface area (Å²) in [7, 11) is -3.72. The molecule has 0 radical (unpaired) electrons. The van der Waals surface area contributed by atoms with Gasteiger partial charge in [-0.2, -0.15) is 0 Å². The topological polar surface area (TPSA) is 111 Å². The van der Waals surface area contributed by atoms with Crippen LogP contribution in [0.4, 0.5) is 5.82 Å². The molecule has 138 valence electrons. The molecule has 27 heavy (non-hydrogen) atoms. The molecule has 0 amide bonds. The second kappa shape index (κ2) is 6.93. The van der Waals surface area contributed by atoms with Gasteiger partial charge in [-0.25, -0.2) is 22.8 Å². The molecule has 0 spiro atoms. The Bertz CT molecular complexity index is 1220. The molecule has 0 saturated heterocycles. The van der Waals surface area contributed by atoms with E-state index in [9.17, 15) is 8.42 Å². The SMILES string of the molecule is Cc1cc2ccccc2[nH+]c1NCCNS(=O)(=O)c1cccc2nonc12. The van der Waals surface area contributed by atoms with Gasteiger partial charge in [0.25, 0.3) is 5.82 Å². The van der Waals surface area contributed by atoms with Crippen LogP contribution in [-0.4, -0.2) is 31.8 Å². The number of hydrogen-bond donors (Lipinski definition) is 2. The highest BCUT2D eigenvalue weighted by Crippen LogP contribution is 2.19. The zero-order valence-electron chi connectivity index (χ0n) is 14.6. The summed E-state index contributed by atoms with van der Waals surface area (Å²) in [5.74, 6) is 0.857. The average molecular weight is 384 g/mol. The molecule has 0 aliphatic rings. The Balaban J connectivity index is 1.44. The predicted octanol–water partition coefficient (Wildman–Crippen LogP) is 1.89. The summed E-state index contributed by atoms with van der Waals surface area (Å²) in [5.41, 5.74) is 2.68. The van der Waals surface area contributed by atoms with Crippen molar-refractivity contribution in [3.63, 3.8) is 0 Å². The van der Waals surface area contributed by atoms with E-state index in [0.717, 1.165) is 22.3 Å². The molecule has 8 nitrogen and oxygen atoms in total. The first-order valence-electron chi connectivity index (χ1n) is 8.41. The summed E-state index contributed by atoms with van der Waals surface area (Å²) in [4.78, 5) is 3.38. The molecule has 4 aromatic rings. The Hall–Kier alpha value is -3.04. The summed E-state index contributed by atoms with van der Waals surface area (Å²) in [6.45, 7) is 2.62. The summed E-state index contributed by atoms with van der Waals surface area (Å²) in [6.07, 6.45) is 0. The van der Waals surface area contributed by atoms with Gasteiger partial charge in [0.05, 0.1) is 6.54 Å². The third-order valence-electron chi connectivity index (χ3n) is 4.24. The molecule has 9 heteroatoms. The number of fused-ring (bicyclic) bond motifs is 2. The molecule has 2 aromatic carbocycles. The van der Waals surface area contributed by atoms with Crippen LogP contribution < -0.4 is 15.0 Å². The molecular formula is C18H18N5O3S+. The Labute approximate surface area is 155 Å². The number of sulfonamides is 1. The van der Waals surface area contributed by atoms with E-state index in [-0.39, 0.29) is 17.0 Å². The summed E-state index contributed by atoms with van der Waals surface area (Å²) in [5, 5.41) is 11.7. The monoisotopic (exact) mass is 384 g/mol. The van der Waals surface area contributed by atoms with Crippen LogP contribution in [0, 0.1) is 6.92 Å². The highest BCUT2D eigenvalue weighted by Gasteiger charge is 2.20. The molecule has 0 saturated carbocycles. The van der Waals surface area contributed by atoms with Gasteiger partial charge in [0, 0.05) is 17.5 Å². The lowest BCUT2D eigenvalue weighted by atomic mass is 10.1. The first-order valence-corrected chi connectivity index (χ1v) is 9.89. The van der Waals surface area contributed by atoms with Crippen LogP contribution >= 0.6 is 0 Å². The third-order valence-corrected chi connectivity index (χ3v) is 5.74. The van der Waals surface area contributed by atoms with Gasteiger partial charge in [0.15, 0.2) is 5.52 Å². The Morgan fingerprint density at radius 1 is 1.07 bits per heavy atom. The number of anilines is 1. The average Bonchev–Trinajstić information content (AvgIpc) is 3.14. The lowest BCUT2D eigenvalue weighted by Gasteiger charge is -2.07. The number of aromatic nitrogens is 3. The molecule has 0 bridgehead atoms. The van der Waals surface area contributed by atoms with Crippen molar-refractivity contribution >= 4 is 37.8 Å². The zero-order valence-corrected chi connectivity index (χ0v) is 15.4. The van der Waals surface area contributed by atoms with Gasteiger partial charge in [0.2, 0.25) is 10.0 Å². The fraction of sp³-hybridized carbons (Fsp3) is 0.167. The van der Waals surface area contributed by atoms with Gasteiger partial charge in [-0.1, -0.05) is 24.3 Å². The number of pyridine rings is 1. The number of nitrogens with one attached hydrogen (secondary N) is 3. The van der Waals surface area contributed by atoms with Crippen molar-refractivity contribution in [1.82, 2.24) is 15.0 Å². The van der Waals surface area contributed by atoms with Crippen LogP contribution in [0.5, 0.6) is 0 Å². The van der Waals surface area contributed by atoms with E-state index in [4.69, 9.17) is 0 Å². The molecule has 0 aliphatic heterocycles. The number of aryl methyl sites for hydroxylation is 1. The van der Waals surface area contributed by atoms with Crippen molar-refractivity contribution in [2.45, 2.75) is 11.8 Å². The molecule has 0 fully saturated rings. The first kappa shape index (κ1) is 17.4. The highest BCUT2D eigenvalue weighted by molar-refractivity contribution is 7.89. The van der Waals surface area contributed by atoms with Gasteiger partial charge in [-0.15, -0.1) is 0 Å². The largest absolute Gasteiger partial charge is 0.275 e. The quantitative estimate of drug-likeness (QED) is 0.491. The van der Waals surface area contributed by atoms with Crippen molar-refractivity contribution in [3.8, 4) is 0 Å². The van der Waals surface area contributed by atoms with E-state index >= 15 is 0 Å². The van der Waals surface area contributed by atoms with Crippen LogP contribution in [0.1, 0.15) is 5.56 Å². The lowest BCUT2D eigenvalue weighted by Crippen LogP contribution is -2.30. The molecule has 2 heterocycles. The van der Waals surface area contributed by atoms with Gasteiger partial charge >= 0.3 is 0 Å². The van der Waals surface area contributed by atoms with Gasteiger partial charge in [-0.3, -0.25) is 5.32 Å². The van der Waals surface area contributed by atoms with E-state index in [0.29, 0.717) is 12.1 Å². The molecule has 4 rings (SSSR count). The van der Waals surface area contributed by atoms with E-state index in [1.165, 1.54) is 6.07 Å². The Kier molecular flexibility index (Phi) is 4.46. The van der Waals surface area contributed by atoms with Gasteiger partial charge in [-0.05, 0) is 41.5 Å². The van der Waals surface area contributed by atoms with E-state index in [1.807, 2.05) is 31.2 Å². The van der Waals surface area contributed by atoms with Crippen LogP contribution in [0.25, 0.3) is 21.9 Å². The van der Waals surface area contributed by atoms with E-state index < -0.39 is 10.0 Å². The van der Waals surface area contributed by atoms with E-state index in [2.05, 4.69) is 36.0 Å². The minimum Gasteiger partial charge on any atom is -0.273 e. The number of para-hydroxylation sites is 1. The highest BCUT2D eigenvalue weighted by atomic mass is 32.2. The predicted molar refractivity (Wildman–Crippen MR) is 101 cm³/mol. The molecule has 3 N–H and O–H groups in total. The summed E-state index contributed by atoms with van der Waals surface area (Å²) < 4.78 is 32.3. The standard InChI is InChI=1S/C18H17N5O3S/c1-12-11-13-5-2-3-6-14(13)21-18(12)19-9-10-20-27(24,25)16-8-4-7-15-17(16)23-26-22-15/h2-8,11,20H,9-10H2,1H3,(H,19,21)/p+1. The second-order valence-corrected chi connectivity index (χ2v) is 7.86. The maximum atomic E-state index is 12.5. The molecule has 0 unspecified atom stereocenters. The number of hydrogen-bond acceptors (Lipinski definition) is 6. The molecule has 0 aliphatic carbocycles. The fourth-order valence-electron chi connectivity index (χ4n) is 2.91. The number of benzene rings is 2. The molecule has 2 aromatic heterocycles. The van der Waals surface area contributed by atoms with Crippen LogP contribution in [0.3, 0.4) is 0 Å². The van der Waals surface area contributed by atoms with Crippen LogP contribution in [-0.2, 0) is 10.0 Å². The fourth-order valence-corrected chi connectivity index (χ4v) is 4.09. The first-order chi connectivity index (χ1) is 13.0. The number of aromatic amines is 1. The summed E-state index contributed by atoms with van der Waals surface area (Å²) >= 11 is 0. The lowest BCUT2D eigenvalue weighted by molar-refractivity contribution is -0.327. The number of nitrogens with zero attached hydrogens (tertiary/aromatic N) is 2. The summed E-state index contributed by atoms with van der Waals surface area (Å²) in [6, 6.07) is 14.8. The van der Waals surface area contributed by atoms with Crippen LogP contribution in [0.2, 0.25) is 0 Å². The van der Waals surface area contributed by atoms with Crippen LogP contribution in [0.15, 0.2) is 58.1 Å². The zero-order chi connectivity index (χ0) is 18.9. The number of H-pyrrole nitrogens is 1. The molecular weight excluding hydrogens is 366 g/mol. The van der Waals surface area contributed by atoms with Crippen molar-refractivity contribution in [1.29, 1.82) is 0 Å². The Morgan fingerprint density at radius 3 is 2.81 bits per heavy atom. The molecule has 0 atom stereocenters. The Morgan fingerprint density at radius 2 is 1.93 bits per heavy atom. The van der Waals surface area contributed by atoms with E-state index in [1.54, 1.807) is 12.1 Å². The van der Waals surface area contributed by atoms with Crippen molar-refractivity contribution in [3.05, 3.63) is 54.1 Å². The van der Waals surface area contributed by atoms with Crippen molar-refractivity contribution < 1.29 is 18.0 Å². The van der Waals surface area contributed by atoms with Gasteiger partial charge < -0.3 is 0 Å². The normalized spacial score (nSPS) is 11.9. The third kappa shape index (κ3) is 3.46. The smallest absolute Gasteiger partial charge is 0.273 e. The minimum absolute atomic E-state index is 0.0506. The number of rotatable bonds is 6. The maximum Gasteiger partial charge on any atom is 0.275 e. The van der Waals surface area contributed by atoms with Crippen molar-refractivity contribution in [2.24, 2.45) is 0 Å². The maximum absolute atomic E-state index is 12.5. The minimum atomic E-state index is -3.72.